The molecule has 149 heavy (non-hydrogen) atoms. The summed E-state index contributed by atoms with van der Waals surface area (Å²) in [5, 5.41) is 20.8. The zero-order valence-corrected chi connectivity index (χ0v) is 86.2. The Hall–Kier alpha value is -17.8. The number of hydrogen-bond donors (Lipinski definition) is 0. The van der Waals surface area contributed by atoms with Gasteiger partial charge in [0.1, 0.15) is 0 Å². The van der Waals surface area contributed by atoms with E-state index >= 15 is 0 Å². The Morgan fingerprint density at radius 2 is 0.383 bits per heavy atom. The average molecular weight is 2100 g/mol. The predicted octanol–water partition coefficient (Wildman–Crippen LogP) is 37.8. The molecule has 30 aromatic rings. The molecule has 0 aliphatic heterocycles. The molecule has 0 atom stereocenters. The van der Waals surface area contributed by atoms with Crippen molar-refractivity contribution in [2.24, 2.45) is 0 Å². The number of para-hydroxylation sites is 6. The van der Waals surface area contributed by atoms with Crippen molar-refractivity contribution in [3.05, 3.63) is 558 Å². The summed E-state index contributed by atoms with van der Waals surface area (Å²) in [7, 11) is 0. The van der Waals surface area contributed by atoms with Crippen LogP contribution >= 0.6 is 0 Å². The van der Waals surface area contributed by atoms with Gasteiger partial charge in [-0.25, -0.2) is 0 Å². The summed E-state index contributed by atoms with van der Waals surface area (Å²) < 4.78 is 15.8. The van der Waals surface area contributed by atoms with Gasteiger partial charge in [-0.3, -0.25) is 0 Å². The molecule has 6 nitrogen and oxygen atoms in total. The molecule has 6 aromatic heterocycles. The molecule has 0 aliphatic rings. The molecule has 700 valence electrons. The molecule has 0 aliphatic carbocycles. The summed E-state index contributed by atoms with van der Waals surface area (Å²) in [6, 6.07) is 204. The zero-order chi connectivity index (χ0) is 98.4. The van der Waals surface area contributed by atoms with Gasteiger partial charge in [-0.2, -0.15) is 0 Å². The molecule has 0 fully saturated rings. The van der Waals surface area contributed by atoms with Gasteiger partial charge < -0.3 is 0 Å². The summed E-state index contributed by atoms with van der Waals surface area (Å²) in [6.45, 7) is 0. The summed E-state index contributed by atoms with van der Waals surface area (Å²) in [4.78, 5) is 7.29. The van der Waals surface area contributed by atoms with Crippen molar-refractivity contribution in [1.29, 1.82) is 0 Å². The molecule has 0 bridgehead atoms. The Labute approximate surface area is 880 Å². The number of benzene rings is 24. The van der Waals surface area contributed by atoms with Crippen molar-refractivity contribution in [2.75, 3.05) is 14.7 Å². The van der Waals surface area contributed by atoms with E-state index in [1.54, 1.807) is 0 Å². The maximum atomic E-state index is 2.43. The molecule has 6 heterocycles. The molecular formula is C140H92N6Se3. The standard InChI is InChI=1S/C48H32N2Se.2C46H30N2Se/c1-3-11-33(12-4-1)34-19-21-35(22-20-34)36-23-25-38(26-24-36)49(40-27-29-43-42-16-8-10-18-47(42)51-48(43)32-40)39-28-30-46-44(31-39)41-15-7-9-17-45(41)50(46)37-13-5-2-6-14-37;1-2-13-33(14-3-1)48-43-19-8-6-16-39(43)42-29-35(26-28-44(42)48)47(36-25-27-41-40-17-7-9-20-45(40)49-46(41)30-36)34-23-21-32(22-24-34)38-18-10-12-31-11-4-5-15-37(31)38;1-2-12-35(13-3-1)48-43-16-8-6-14-39(43)42-29-37(25-27-44(42)48)47(38-24-26-41-40-15-7-9-17-45(40)49-46(41)30-38)36-22-20-32(21-23-36)34-19-18-31-10-4-5-11-33(31)28-34/h1-32H;2*1-30H. The predicted molar refractivity (Wildman–Crippen MR) is 639 cm³/mol. The molecule has 0 radical (unpaired) electrons. The van der Waals surface area contributed by atoms with Crippen LogP contribution in [-0.4, -0.2) is 57.2 Å². The van der Waals surface area contributed by atoms with E-state index in [1.807, 2.05) is 0 Å². The van der Waals surface area contributed by atoms with E-state index in [9.17, 15) is 0 Å². The fourth-order valence-corrected chi connectivity index (χ4v) is 29.7. The van der Waals surface area contributed by atoms with E-state index in [0.29, 0.717) is 0 Å². The van der Waals surface area contributed by atoms with Crippen LogP contribution in [0.15, 0.2) is 558 Å². The second-order valence-electron chi connectivity index (χ2n) is 38.2. The van der Waals surface area contributed by atoms with Crippen LogP contribution in [0.5, 0.6) is 0 Å². The van der Waals surface area contributed by atoms with Crippen LogP contribution in [0.2, 0.25) is 0 Å². The Kier molecular flexibility index (Phi) is 22.6. The van der Waals surface area contributed by atoms with Gasteiger partial charge in [-0.05, 0) is 5.56 Å². The zero-order valence-electron chi connectivity index (χ0n) is 81.0. The third kappa shape index (κ3) is 16.2. The minimum absolute atomic E-state index is 0.274. The van der Waals surface area contributed by atoms with Gasteiger partial charge in [-0.15, -0.1) is 0 Å². The summed E-state index contributed by atoms with van der Waals surface area (Å²) in [5.41, 5.74) is 30.9. The van der Waals surface area contributed by atoms with E-state index in [-0.39, 0.29) is 43.5 Å². The van der Waals surface area contributed by atoms with E-state index in [2.05, 4.69) is 587 Å². The third-order valence-electron chi connectivity index (χ3n) is 29.5. The first kappa shape index (κ1) is 88.8. The van der Waals surface area contributed by atoms with Gasteiger partial charge >= 0.3 is 809 Å². The van der Waals surface area contributed by atoms with Crippen molar-refractivity contribution >= 4 is 240 Å². The second-order valence-corrected chi connectivity index (χ2v) is 45.0. The van der Waals surface area contributed by atoms with Crippen LogP contribution in [0.4, 0.5) is 51.2 Å². The van der Waals surface area contributed by atoms with Crippen LogP contribution in [0.1, 0.15) is 0 Å². The molecule has 0 amide bonds. The van der Waals surface area contributed by atoms with Gasteiger partial charge in [-0.1, -0.05) is 72.8 Å². The number of anilines is 9. The molecule has 30 rings (SSSR count). The quantitative estimate of drug-likeness (QED) is 0.0901. The maximum absolute atomic E-state index is 2.43. The van der Waals surface area contributed by atoms with Crippen molar-refractivity contribution in [3.63, 3.8) is 0 Å². The monoisotopic (exact) mass is 2100 g/mol. The first-order chi connectivity index (χ1) is 73.9. The van der Waals surface area contributed by atoms with Gasteiger partial charge in [0.2, 0.25) is 0 Å². The van der Waals surface area contributed by atoms with Crippen molar-refractivity contribution < 1.29 is 0 Å². The number of hydrogen-bond acceptors (Lipinski definition) is 3. The molecule has 0 N–H and O–H groups in total. The molecule has 9 heteroatoms. The Balaban J connectivity index is 0.000000108. The van der Waals surface area contributed by atoms with E-state index in [1.165, 1.54) is 223 Å². The molecule has 0 saturated carbocycles. The average Bonchev–Trinajstić information content (AvgIpc) is 1.59. The molecule has 0 saturated heterocycles. The van der Waals surface area contributed by atoms with Crippen molar-refractivity contribution in [3.8, 4) is 61.6 Å². The van der Waals surface area contributed by atoms with Crippen LogP contribution in [0.25, 0.3) is 206 Å². The number of rotatable bonds is 16. The molecule has 0 spiro atoms. The third-order valence-corrected chi connectivity index (χ3v) is 36.7. The Bertz CT molecular complexity index is 10300. The van der Waals surface area contributed by atoms with Crippen LogP contribution < -0.4 is 14.7 Å². The summed E-state index contributed by atoms with van der Waals surface area (Å²) in [5.74, 6) is 0. The summed E-state index contributed by atoms with van der Waals surface area (Å²) >= 11 is 0.829. The van der Waals surface area contributed by atoms with E-state index in [0.717, 1.165) is 34.1 Å². The second kappa shape index (κ2) is 38.0. The minimum atomic E-state index is 0.274. The fourth-order valence-electron chi connectivity index (χ4n) is 22.5. The fraction of sp³-hybridized carbons (Fsp3) is 0. The van der Waals surface area contributed by atoms with E-state index in [4.69, 9.17) is 0 Å². The van der Waals surface area contributed by atoms with Gasteiger partial charge in [0, 0.05) is 0 Å². The van der Waals surface area contributed by atoms with Crippen LogP contribution in [-0.2, 0) is 0 Å². The van der Waals surface area contributed by atoms with Gasteiger partial charge in [0.05, 0.1) is 0 Å². The van der Waals surface area contributed by atoms with Crippen LogP contribution in [0.3, 0.4) is 0 Å². The van der Waals surface area contributed by atoms with E-state index < -0.39 is 0 Å². The van der Waals surface area contributed by atoms with Crippen molar-refractivity contribution in [2.45, 2.75) is 0 Å². The SMILES string of the molecule is c1ccc(-c2ccc(-c3ccc(N(c4ccc5c(c4)[se]c4ccccc45)c4ccc5c(c4)c4ccccc4n5-c4ccccc4)cc3)cc2)cc1.c1ccc(-n2c3ccccc3c3cc(N(c4ccc(-c5ccc6ccccc6c5)cc4)c4ccc5c(c4)[se]c4ccccc45)ccc32)cc1.c1ccc(-n2c3ccccc3c3cc(N(c4ccc(-c5cccc6ccccc56)cc4)c4ccc5c(c4)[se]c4ccccc45)ccc32)cc1. The molecular weight excluding hydrogens is 2000 g/mol. The first-order valence-electron chi connectivity index (χ1n) is 50.7. The number of fused-ring (bicyclic) bond motifs is 20. The van der Waals surface area contributed by atoms with Crippen molar-refractivity contribution in [1.82, 2.24) is 13.7 Å². The summed E-state index contributed by atoms with van der Waals surface area (Å²) in [6.07, 6.45) is 0. The van der Waals surface area contributed by atoms with Gasteiger partial charge in [0.25, 0.3) is 0 Å². The Morgan fingerprint density at radius 1 is 0.128 bits per heavy atom. The number of aromatic nitrogens is 3. The number of nitrogens with zero attached hydrogens (tertiary/aromatic N) is 6. The molecule has 0 unspecified atom stereocenters. The normalized spacial score (nSPS) is 11.6. The topological polar surface area (TPSA) is 24.5 Å². The Morgan fingerprint density at radius 3 is 0.772 bits per heavy atom. The van der Waals surface area contributed by atoms with Crippen LogP contribution in [0, 0.1) is 0 Å². The van der Waals surface area contributed by atoms with Gasteiger partial charge in [0.15, 0.2) is 0 Å². The molecule has 24 aromatic carbocycles. The first-order valence-corrected chi connectivity index (χ1v) is 55.8.